The van der Waals surface area contributed by atoms with Crippen molar-refractivity contribution < 1.29 is 4.79 Å². The minimum atomic E-state index is -0.303. The topological polar surface area (TPSA) is 53.2 Å². The third-order valence-electron chi connectivity index (χ3n) is 4.12. The SMILES string of the molecule is CC1=C(C(=O)Nc2ccc(Cl)cc2)[C@H](c2ccccc2C)NC(=S)N1. The lowest BCUT2D eigenvalue weighted by Gasteiger charge is -2.31. The van der Waals surface area contributed by atoms with Crippen LogP contribution in [0, 0.1) is 6.92 Å². The Morgan fingerprint density at radius 1 is 1.12 bits per heavy atom. The molecule has 0 saturated carbocycles. The van der Waals surface area contributed by atoms with Gasteiger partial charge < -0.3 is 16.0 Å². The molecule has 1 aliphatic rings. The maximum atomic E-state index is 12.9. The summed E-state index contributed by atoms with van der Waals surface area (Å²) in [6, 6.07) is 14.7. The largest absolute Gasteiger partial charge is 0.351 e. The van der Waals surface area contributed by atoms with Crippen LogP contribution in [0.2, 0.25) is 5.02 Å². The van der Waals surface area contributed by atoms with Crippen molar-refractivity contribution in [1.29, 1.82) is 0 Å². The maximum Gasteiger partial charge on any atom is 0.255 e. The Balaban J connectivity index is 1.96. The van der Waals surface area contributed by atoms with Crippen LogP contribution >= 0.6 is 23.8 Å². The first-order chi connectivity index (χ1) is 12.0. The summed E-state index contributed by atoms with van der Waals surface area (Å²) in [5, 5.41) is 10.3. The summed E-state index contributed by atoms with van der Waals surface area (Å²) < 4.78 is 0. The van der Waals surface area contributed by atoms with E-state index in [2.05, 4.69) is 16.0 Å². The molecule has 6 heteroatoms. The third-order valence-corrected chi connectivity index (χ3v) is 4.59. The number of thiocarbonyl (C=S) groups is 1. The molecule has 1 atom stereocenters. The fourth-order valence-electron chi connectivity index (χ4n) is 2.87. The van der Waals surface area contributed by atoms with Crippen molar-refractivity contribution in [2.75, 3.05) is 5.32 Å². The molecule has 0 fully saturated rings. The molecule has 1 amide bonds. The number of halogens is 1. The molecule has 2 aromatic carbocycles. The molecule has 0 bridgehead atoms. The highest BCUT2D eigenvalue weighted by molar-refractivity contribution is 7.80. The Bertz CT molecular complexity index is 861. The highest BCUT2D eigenvalue weighted by Gasteiger charge is 2.30. The number of anilines is 1. The molecule has 128 valence electrons. The van der Waals surface area contributed by atoms with Gasteiger partial charge >= 0.3 is 0 Å². The van der Waals surface area contributed by atoms with E-state index in [0.29, 0.717) is 21.4 Å². The first kappa shape index (κ1) is 17.5. The Labute approximate surface area is 157 Å². The predicted molar refractivity (Wildman–Crippen MR) is 106 cm³/mol. The number of hydrogen-bond acceptors (Lipinski definition) is 2. The molecule has 3 rings (SSSR count). The van der Waals surface area contributed by atoms with Crippen LogP contribution in [0.15, 0.2) is 59.8 Å². The van der Waals surface area contributed by atoms with Crippen molar-refractivity contribution in [2.45, 2.75) is 19.9 Å². The molecular weight excluding hydrogens is 354 g/mol. The molecule has 0 spiro atoms. The fraction of sp³-hybridized carbons (Fsp3) is 0.158. The van der Waals surface area contributed by atoms with Gasteiger partial charge in [0.15, 0.2) is 5.11 Å². The second-order valence-electron chi connectivity index (χ2n) is 5.89. The number of amides is 1. The van der Waals surface area contributed by atoms with Crippen LogP contribution in [0.25, 0.3) is 0 Å². The van der Waals surface area contributed by atoms with Crippen molar-refractivity contribution in [3.63, 3.8) is 0 Å². The molecule has 3 N–H and O–H groups in total. The second kappa shape index (κ2) is 7.25. The number of rotatable bonds is 3. The Morgan fingerprint density at radius 3 is 2.48 bits per heavy atom. The summed E-state index contributed by atoms with van der Waals surface area (Å²) in [5.74, 6) is -0.185. The number of carbonyl (C=O) groups excluding carboxylic acids is 1. The van der Waals surface area contributed by atoms with E-state index in [4.69, 9.17) is 23.8 Å². The van der Waals surface area contributed by atoms with E-state index in [1.165, 1.54) is 0 Å². The standard InChI is InChI=1S/C19H18ClN3OS/c1-11-5-3-4-6-15(11)17-16(12(2)21-19(25)23-17)18(24)22-14-9-7-13(20)8-10-14/h3-10,17H,1-2H3,(H,22,24)(H2,21,23,25)/t17-/m0/s1. The highest BCUT2D eigenvalue weighted by Crippen LogP contribution is 2.29. The molecule has 4 nitrogen and oxygen atoms in total. The number of benzene rings is 2. The summed E-state index contributed by atoms with van der Waals surface area (Å²) in [6.07, 6.45) is 0. The van der Waals surface area contributed by atoms with Gasteiger partial charge in [-0.1, -0.05) is 35.9 Å². The van der Waals surface area contributed by atoms with Crippen molar-refractivity contribution in [3.8, 4) is 0 Å². The zero-order chi connectivity index (χ0) is 18.0. The molecule has 25 heavy (non-hydrogen) atoms. The van der Waals surface area contributed by atoms with E-state index in [1.807, 2.05) is 38.1 Å². The quantitative estimate of drug-likeness (QED) is 0.711. The van der Waals surface area contributed by atoms with Crippen molar-refractivity contribution >= 4 is 40.5 Å². The molecule has 1 heterocycles. The zero-order valence-corrected chi connectivity index (χ0v) is 15.5. The van der Waals surface area contributed by atoms with Crippen LogP contribution in [0.3, 0.4) is 0 Å². The summed E-state index contributed by atoms with van der Waals surface area (Å²) in [5.41, 5.74) is 4.15. The van der Waals surface area contributed by atoms with Crippen molar-refractivity contribution in [2.24, 2.45) is 0 Å². The summed E-state index contributed by atoms with van der Waals surface area (Å²) in [4.78, 5) is 12.9. The Morgan fingerprint density at radius 2 is 1.80 bits per heavy atom. The van der Waals surface area contributed by atoms with E-state index in [1.54, 1.807) is 24.3 Å². The number of nitrogens with one attached hydrogen (secondary N) is 3. The van der Waals surface area contributed by atoms with E-state index < -0.39 is 0 Å². The molecular formula is C19H18ClN3OS. The van der Waals surface area contributed by atoms with E-state index in [0.717, 1.165) is 16.8 Å². The molecule has 1 aliphatic heterocycles. The van der Waals surface area contributed by atoms with Crippen LogP contribution in [0.5, 0.6) is 0 Å². The Kier molecular flexibility index (Phi) is 5.06. The van der Waals surface area contributed by atoms with Gasteiger partial charge in [0.1, 0.15) is 0 Å². The summed E-state index contributed by atoms with van der Waals surface area (Å²) in [7, 11) is 0. The maximum absolute atomic E-state index is 12.9. The van der Waals surface area contributed by atoms with Gasteiger partial charge in [-0.25, -0.2) is 0 Å². The number of carbonyl (C=O) groups is 1. The summed E-state index contributed by atoms with van der Waals surface area (Å²) in [6.45, 7) is 3.88. The average molecular weight is 372 g/mol. The van der Waals surface area contributed by atoms with Crippen LogP contribution in [0.4, 0.5) is 5.69 Å². The molecule has 0 radical (unpaired) electrons. The lowest BCUT2D eigenvalue weighted by Crippen LogP contribution is -2.46. The van der Waals surface area contributed by atoms with E-state index in [9.17, 15) is 4.79 Å². The van der Waals surface area contributed by atoms with Crippen LogP contribution in [-0.2, 0) is 4.79 Å². The van der Waals surface area contributed by atoms with Crippen LogP contribution in [0.1, 0.15) is 24.1 Å². The Hall–Kier alpha value is -2.37. The second-order valence-corrected chi connectivity index (χ2v) is 6.73. The van der Waals surface area contributed by atoms with E-state index in [-0.39, 0.29) is 11.9 Å². The molecule has 0 aliphatic carbocycles. The number of allylic oxidation sites excluding steroid dienone is 1. The number of hydrogen-bond donors (Lipinski definition) is 3. The minimum Gasteiger partial charge on any atom is -0.351 e. The first-order valence-electron chi connectivity index (χ1n) is 7.86. The normalized spacial score (nSPS) is 16.9. The van der Waals surface area contributed by atoms with Crippen molar-refractivity contribution in [3.05, 3.63) is 76.0 Å². The van der Waals surface area contributed by atoms with Gasteiger partial charge in [-0.3, -0.25) is 4.79 Å². The van der Waals surface area contributed by atoms with Gasteiger partial charge in [-0.15, -0.1) is 0 Å². The fourth-order valence-corrected chi connectivity index (χ4v) is 3.27. The van der Waals surface area contributed by atoms with Crippen LogP contribution in [-0.4, -0.2) is 11.0 Å². The van der Waals surface area contributed by atoms with Gasteiger partial charge in [-0.2, -0.15) is 0 Å². The van der Waals surface area contributed by atoms with Gasteiger partial charge in [0.25, 0.3) is 5.91 Å². The zero-order valence-electron chi connectivity index (χ0n) is 13.9. The van der Waals surface area contributed by atoms with Gasteiger partial charge in [0.05, 0.1) is 11.6 Å². The lowest BCUT2D eigenvalue weighted by molar-refractivity contribution is -0.113. The third kappa shape index (κ3) is 3.83. The van der Waals surface area contributed by atoms with Gasteiger partial charge in [0, 0.05) is 16.4 Å². The minimum absolute atomic E-state index is 0.185. The monoisotopic (exact) mass is 371 g/mol. The van der Waals surface area contributed by atoms with Crippen LogP contribution < -0.4 is 16.0 Å². The molecule has 0 saturated heterocycles. The lowest BCUT2D eigenvalue weighted by atomic mass is 9.92. The smallest absolute Gasteiger partial charge is 0.255 e. The number of aryl methyl sites for hydroxylation is 1. The predicted octanol–water partition coefficient (Wildman–Crippen LogP) is 4.08. The molecule has 0 unspecified atom stereocenters. The van der Waals surface area contributed by atoms with E-state index >= 15 is 0 Å². The van der Waals surface area contributed by atoms with Gasteiger partial charge in [-0.05, 0) is 61.5 Å². The van der Waals surface area contributed by atoms with Crippen molar-refractivity contribution in [1.82, 2.24) is 10.6 Å². The average Bonchev–Trinajstić information content (AvgIpc) is 2.56. The molecule has 2 aromatic rings. The summed E-state index contributed by atoms with van der Waals surface area (Å²) >= 11 is 11.2. The highest BCUT2D eigenvalue weighted by atomic mass is 35.5. The van der Waals surface area contributed by atoms with Gasteiger partial charge in [0.2, 0.25) is 0 Å². The first-order valence-corrected chi connectivity index (χ1v) is 8.65. The molecule has 0 aromatic heterocycles.